The lowest BCUT2D eigenvalue weighted by atomic mass is 9.79. The number of halogens is 1. The maximum atomic E-state index is 13.0. The molecule has 25 heavy (non-hydrogen) atoms. The molecule has 5 heteroatoms. The Bertz CT molecular complexity index is 746. The van der Waals surface area contributed by atoms with E-state index in [1.54, 1.807) is 24.3 Å². The molecule has 0 unspecified atom stereocenters. The molecule has 0 aliphatic carbocycles. The van der Waals surface area contributed by atoms with Crippen LogP contribution in [-0.4, -0.2) is 23.0 Å². The quantitative estimate of drug-likeness (QED) is 0.880. The monoisotopic (exact) mass is 344 g/mol. The Balaban J connectivity index is 1.71. The molecule has 1 aromatic heterocycles. The summed E-state index contributed by atoms with van der Waals surface area (Å²) in [7, 11) is 0. The first kappa shape index (κ1) is 17.7. The zero-order valence-electron chi connectivity index (χ0n) is 15.2. The third-order valence-electron chi connectivity index (χ3n) is 4.48. The summed E-state index contributed by atoms with van der Waals surface area (Å²) >= 11 is 0. The third-order valence-corrected chi connectivity index (χ3v) is 4.48. The van der Waals surface area contributed by atoms with Gasteiger partial charge in [-0.3, -0.25) is 4.79 Å². The maximum Gasteiger partial charge on any atom is 0.287 e. The highest BCUT2D eigenvalue weighted by Crippen LogP contribution is 2.29. The highest BCUT2D eigenvalue weighted by atomic mass is 19.1. The van der Waals surface area contributed by atoms with Gasteiger partial charge in [0.2, 0.25) is 0 Å². The normalized spacial score (nSPS) is 19.6. The number of nitrogens with one attached hydrogen (secondary N) is 2. The minimum absolute atomic E-state index is 0.0396. The molecule has 2 N–H and O–H groups in total. The number of furan rings is 1. The van der Waals surface area contributed by atoms with Crippen molar-refractivity contribution in [3.05, 3.63) is 48.0 Å². The van der Waals surface area contributed by atoms with Crippen molar-refractivity contribution in [2.24, 2.45) is 0 Å². The van der Waals surface area contributed by atoms with E-state index in [1.165, 1.54) is 12.1 Å². The van der Waals surface area contributed by atoms with Gasteiger partial charge in [0.05, 0.1) is 0 Å². The van der Waals surface area contributed by atoms with Crippen LogP contribution in [0.15, 0.2) is 40.8 Å². The van der Waals surface area contributed by atoms with Crippen LogP contribution >= 0.6 is 0 Å². The zero-order valence-corrected chi connectivity index (χ0v) is 15.2. The van der Waals surface area contributed by atoms with E-state index in [0.29, 0.717) is 5.76 Å². The largest absolute Gasteiger partial charge is 0.451 e. The van der Waals surface area contributed by atoms with E-state index in [9.17, 15) is 9.18 Å². The molecule has 1 amide bonds. The molecule has 0 bridgehead atoms. The van der Waals surface area contributed by atoms with Crippen LogP contribution in [0, 0.1) is 5.82 Å². The fourth-order valence-electron chi connectivity index (χ4n) is 3.91. The highest BCUT2D eigenvalue weighted by Gasteiger charge is 2.38. The SMILES string of the molecule is CC1(C)CC(NC(=O)c2ccc(-c3ccc(F)cc3)o2)CC(C)(C)N1. The molecular weight excluding hydrogens is 319 g/mol. The molecular formula is C20H25FN2O2. The van der Waals surface area contributed by atoms with Crippen molar-refractivity contribution >= 4 is 5.91 Å². The second-order valence-electron chi connectivity index (χ2n) is 8.14. The van der Waals surface area contributed by atoms with Gasteiger partial charge in [-0.25, -0.2) is 4.39 Å². The molecule has 2 heterocycles. The van der Waals surface area contributed by atoms with E-state index in [-0.39, 0.29) is 34.6 Å². The van der Waals surface area contributed by atoms with Crippen molar-refractivity contribution in [1.82, 2.24) is 10.6 Å². The molecule has 1 aliphatic heterocycles. The van der Waals surface area contributed by atoms with Crippen molar-refractivity contribution in [3.63, 3.8) is 0 Å². The second-order valence-corrected chi connectivity index (χ2v) is 8.14. The first-order valence-corrected chi connectivity index (χ1v) is 8.60. The first-order valence-electron chi connectivity index (χ1n) is 8.60. The van der Waals surface area contributed by atoms with Gasteiger partial charge in [0.25, 0.3) is 5.91 Å². The van der Waals surface area contributed by atoms with Crippen molar-refractivity contribution in [2.75, 3.05) is 0 Å². The molecule has 0 saturated carbocycles. The van der Waals surface area contributed by atoms with Crippen LogP contribution in [0.2, 0.25) is 0 Å². The highest BCUT2D eigenvalue weighted by molar-refractivity contribution is 5.92. The van der Waals surface area contributed by atoms with Gasteiger partial charge in [-0.15, -0.1) is 0 Å². The van der Waals surface area contributed by atoms with E-state index < -0.39 is 0 Å². The number of piperidine rings is 1. The lowest BCUT2D eigenvalue weighted by Gasteiger charge is -2.46. The molecule has 134 valence electrons. The Kier molecular flexibility index (Phi) is 4.45. The summed E-state index contributed by atoms with van der Waals surface area (Å²) in [6.45, 7) is 8.58. The predicted octanol–water partition coefficient (Wildman–Crippen LogP) is 4.12. The third kappa shape index (κ3) is 4.28. The molecule has 4 nitrogen and oxygen atoms in total. The van der Waals surface area contributed by atoms with Gasteiger partial charge >= 0.3 is 0 Å². The van der Waals surface area contributed by atoms with Crippen molar-refractivity contribution in [2.45, 2.75) is 57.7 Å². The Hall–Kier alpha value is -2.14. The Morgan fingerprint density at radius 1 is 1.08 bits per heavy atom. The topological polar surface area (TPSA) is 54.3 Å². The average Bonchev–Trinajstić information content (AvgIpc) is 2.94. The maximum absolute atomic E-state index is 13.0. The van der Waals surface area contributed by atoms with Crippen LogP contribution in [0.5, 0.6) is 0 Å². The zero-order chi connectivity index (χ0) is 18.2. The second kappa shape index (κ2) is 6.30. The predicted molar refractivity (Wildman–Crippen MR) is 95.9 cm³/mol. The van der Waals surface area contributed by atoms with Gasteiger partial charge in [-0.1, -0.05) is 0 Å². The minimum Gasteiger partial charge on any atom is -0.451 e. The van der Waals surface area contributed by atoms with E-state index in [2.05, 4.69) is 38.3 Å². The van der Waals surface area contributed by atoms with Crippen LogP contribution in [0.3, 0.4) is 0 Å². The van der Waals surface area contributed by atoms with Crippen LogP contribution in [0.4, 0.5) is 4.39 Å². The van der Waals surface area contributed by atoms with Crippen LogP contribution < -0.4 is 10.6 Å². The van der Waals surface area contributed by atoms with Gasteiger partial charge in [0.15, 0.2) is 5.76 Å². The Morgan fingerprint density at radius 3 is 2.28 bits per heavy atom. The van der Waals surface area contributed by atoms with Gasteiger partial charge < -0.3 is 15.1 Å². The van der Waals surface area contributed by atoms with Crippen LogP contribution in [0.25, 0.3) is 11.3 Å². The lowest BCUT2D eigenvalue weighted by molar-refractivity contribution is 0.0847. The fourth-order valence-corrected chi connectivity index (χ4v) is 3.91. The summed E-state index contributed by atoms with van der Waals surface area (Å²) in [6, 6.07) is 9.48. The number of amides is 1. The van der Waals surface area contributed by atoms with E-state index in [1.807, 2.05) is 0 Å². The number of benzene rings is 1. The summed E-state index contributed by atoms with van der Waals surface area (Å²) in [6.07, 6.45) is 1.71. The number of rotatable bonds is 3. The van der Waals surface area contributed by atoms with Crippen molar-refractivity contribution in [3.8, 4) is 11.3 Å². The molecule has 1 fully saturated rings. The lowest BCUT2D eigenvalue weighted by Crippen LogP contribution is -2.62. The smallest absolute Gasteiger partial charge is 0.287 e. The number of carbonyl (C=O) groups excluding carboxylic acids is 1. The van der Waals surface area contributed by atoms with Gasteiger partial charge in [-0.05, 0) is 76.9 Å². The van der Waals surface area contributed by atoms with E-state index in [4.69, 9.17) is 4.42 Å². The molecule has 0 spiro atoms. The summed E-state index contributed by atoms with van der Waals surface area (Å²) in [4.78, 5) is 12.5. The standard InChI is InChI=1S/C20H25FN2O2/c1-19(2)11-15(12-20(3,4)23-19)22-18(24)17-10-9-16(25-17)13-5-7-14(21)8-6-13/h5-10,15,23H,11-12H2,1-4H3,(H,22,24). The molecule has 0 atom stereocenters. The van der Waals surface area contributed by atoms with Crippen LogP contribution in [-0.2, 0) is 0 Å². The minimum atomic E-state index is -0.301. The molecule has 1 aromatic carbocycles. The molecule has 2 aromatic rings. The first-order chi connectivity index (χ1) is 11.6. The Labute approximate surface area is 147 Å². The summed E-state index contributed by atoms with van der Waals surface area (Å²) in [5.41, 5.74) is 0.661. The van der Waals surface area contributed by atoms with Gasteiger partial charge in [0, 0.05) is 22.7 Å². The molecule has 1 saturated heterocycles. The van der Waals surface area contributed by atoms with E-state index >= 15 is 0 Å². The number of hydrogen-bond donors (Lipinski definition) is 2. The van der Waals surface area contributed by atoms with Crippen molar-refractivity contribution < 1.29 is 13.6 Å². The van der Waals surface area contributed by atoms with E-state index in [0.717, 1.165) is 18.4 Å². The summed E-state index contributed by atoms with van der Waals surface area (Å²) < 4.78 is 18.7. The summed E-state index contributed by atoms with van der Waals surface area (Å²) in [5.74, 6) is 0.306. The van der Waals surface area contributed by atoms with Crippen LogP contribution in [0.1, 0.15) is 51.1 Å². The van der Waals surface area contributed by atoms with Gasteiger partial charge in [-0.2, -0.15) is 0 Å². The number of carbonyl (C=O) groups is 1. The van der Waals surface area contributed by atoms with Gasteiger partial charge in [0.1, 0.15) is 11.6 Å². The fraction of sp³-hybridized carbons (Fsp3) is 0.450. The molecule has 0 radical (unpaired) electrons. The Morgan fingerprint density at radius 2 is 1.68 bits per heavy atom. The summed E-state index contributed by atoms with van der Waals surface area (Å²) in [5, 5.41) is 6.69. The average molecular weight is 344 g/mol. The molecule has 1 aliphatic rings. The van der Waals surface area contributed by atoms with Crippen molar-refractivity contribution in [1.29, 1.82) is 0 Å². The number of hydrogen-bond acceptors (Lipinski definition) is 3. The molecule has 3 rings (SSSR count).